The first-order valence-electron chi connectivity index (χ1n) is 8.61. The van der Waals surface area contributed by atoms with Crippen LogP contribution in [0.25, 0.3) is 0 Å². The maximum Gasteiger partial charge on any atom is 0.326 e. The maximum atomic E-state index is 12.6. The Hall–Kier alpha value is -2.83. The molecule has 7 nitrogen and oxygen atoms in total. The number of hydrogen-bond donors (Lipinski definition) is 2. The summed E-state index contributed by atoms with van der Waals surface area (Å²) in [6.07, 6.45) is 1.97. The van der Waals surface area contributed by atoms with E-state index >= 15 is 0 Å². The molecule has 26 heavy (non-hydrogen) atoms. The summed E-state index contributed by atoms with van der Waals surface area (Å²) in [4.78, 5) is 23.9. The van der Waals surface area contributed by atoms with Crippen LogP contribution in [0.15, 0.2) is 28.8 Å². The van der Waals surface area contributed by atoms with E-state index in [1.165, 1.54) is 0 Å². The molecule has 1 atom stereocenters. The highest BCUT2D eigenvalue weighted by molar-refractivity contribution is 5.98. The number of para-hydroxylation sites is 1. The van der Waals surface area contributed by atoms with Crippen LogP contribution in [-0.2, 0) is 11.4 Å². The van der Waals surface area contributed by atoms with Gasteiger partial charge in [-0.05, 0) is 32.4 Å². The minimum absolute atomic E-state index is 0.212. The van der Waals surface area contributed by atoms with Crippen molar-refractivity contribution in [3.63, 3.8) is 0 Å². The summed E-state index contributed by atoms with van der Waals surface area (Å²) >= 11 is 0. The van der Waals surface area contributed by atoms with Crippen molar-refractivity contribution in [3.05, 3.63) is 46.8 Å². The monoisotopic (exact) mass is 360 g/mol. The van der Waals surface area contributed by atoms with Crippen LogP contribution in [0, 0.1) is 13.8 Å². The zero-order chi connectivity index (χ0) is 19.1. The minimum atomic E-state index is -1.04. The number of hydrogen-bond acceptors (Lipinski definition) is 5. The molecule has 0 saturated carbocycles. The van der Waals surface area contributed by atoms with Crippen molar-refractivity contribution in [3.8, 4) is 5.75 Å². The molecule has 1 aromatic carbocycles. The lowest BCUT2D eigenvalue weighted by Gasteiger charge is -2.16. The molecule has 2 aromatic rings. The first-order valence-corrected chi connectivity index (χ1v) is 8.61. The van der Waals surface area contributed by atoms with Gasteiger partial charge in [-0.1, -0.05) is 37.1 Å². The van der Waals surface area contributed by atoms with Gasteiger partial charge in [-0.3, -0.25) is 4.79 Å². The molecule has 1 unspecified atom stereocenters. The van der Waals surface area contributed by atoms with E-state index in [-0.39, 0.29) is 6.61 Å². The van der Waals surface area contributed by atoms with Crippen molar-refractivity contribution < 1.29 is 24.0 Å². The Morgan fingerprint density at radius 2 is 2.04 bits per heavy atom. The molecular weight excluding hydrogens is 336 g/mol. The Bertz CT molecular complexity index is 750. The molecule has 1 heterocycles. The number of ether oxygens (including phenoxy) is 1. The summed E-state index contributed by atoms with van der Waals surface area (Å²) < 4.78 is 10.9. The van der Waals surface area contributed by atoms with Crippen molar-refractivity contribution in [1.82, 2.24) is 10.5 Å². The van der Waals surface area contributed by atoms with E-state index in [0.29, 0.717) is 23.5 Å². The number of aromatic nitrogens is 1. The lowest BCUT2D eigenvalue weighted by molar-refractivity contribution is -0.139. The fraction of sp³-hybridized carbons (Fsp3) is 0.421. The summed E-state index contributed by atoms with van der Waals surface area (Å²) in [5, 5.41) is 15.7. The highest BCUT2D eigenvalue weighted by atomic mass is 16.5. The molecule has 2 N–H and O–H groups in total. The number of amides is 1. The lowest BCUT2D eigenvalue weighted by Crippen LogP contribution is -2.40. The molecular formula is C19H24N2O5. The topological polar surface area (TPSA) is 102 Å². The molecule has 0 fully saturated rings. The van der Waals surface area contributed by atoms with Crippen molar-refractivity contribution in [1.29, 1.82) is 0 Å². The van der Waals surface area contributed by atoms with E-state index in [2.05, 4.69) is 10.5 Å². The molecule has 2 rings (SSSR count). The number of carbonyl (C=O) groups excluding carboxylic acids is 1. The largest absolute Gasteiger partial charge is 0.488 e. The Balaban J connectivity index is 2.12. The first kappa shape index (κ1) is 19.5. The van der Waals surface area contributed by atoms with Crippen LogP contribution in [0.1, 0.15) is 53.6 Å². The molecule has 140 valence electrons. The summed E-state index contributed by atoms with van der Waals surface area (Å²) in [5.74, 6) is -0.469. The third kappa shape index (κ3) is 4.84. The van der Waals surface area contributed by atoms with Gasteiger partial charge in [0.15, 0.2) is 0 Å². The van der Waals surface area contributed by atoms with E-state index in [0.717, 1.165) is 24.1 Å². The van der Waals surface area contributed by atoms with Crippen LogP contribution in [0.3, 0.4) is 0 Å². The first-order chi connectivity index (χ1) is 12.4. The standard InChI is InChI=1S/C19H24N2O5/c1-4-5-9-16(19(23)24)20-18(22)14-8-6-7-10-17(14)25-11-15-12(2)21-26-13(15)3/h6-8,10,16H,4-5,9,11H2,1-3H3,(H,20,22)(H,23,24). The molecule has 0 radical (unpaired) electrons. The highest BCUT2D eigenvalue weighted by Crippen LogP contribution is 2.21. The Morgan fingerprint density at radius 1 is 1.31 bits per heavy atom. The molecule has 0 spiro atoms. The number of benzene rings is 1. The second-order valence-electron chi connectivity index (χ2n) is 6.09. The molecule has 0 aliphatic heterocycles. The number of rotatable bonds is 9. The fourth-order valence-corrected chi connectivity index (χ4v) is 2.54. The van der Waals surface area contributed by atoms with Gasteiger partial charge in [0.25, 0.3) is 5.91 Å². The van der Waals surface area contributed by atoms with E-state index in [9.17, 15) is 14.7 Å². The molecule has 1 aromatic heterocycles. The van der Waals surface area contributed by atoms with Gasteiger partial charge in [-0.15, -0.1) is 0 Å². The number of carbonyl (C=O) groups is 2. The minimum Gasteiger partial charge on any atom is -0.488 e. The van der Waals surface area contributed by atoms with E-state index in [1.807, 2.05) is 13.8 Å². The van der Waals surface area contributed by atoms with Gasteiger partial charge in [0.1, 0.15) is 24.2 Å². The Morgan fingerprint density at radius 3 is 2.65 bits per heavy atom. The quantitative estimate of drug-likeness (QED) is 0.712. The average molecular weight is 360 g/mol. The van der Waals surface area contributed by atoms with Crippen LogP contribution in [0.4, 0.5) is 0 Å². The van der Waals surface area contributed by atoms with Crippen molar-refractivity contribution >= 4 is 11.9 Å². The zero-order valence-corrected chi connectivity index (χ0v) is 15.2. The van der Waals surface area contributed by atoms with Gasteiger partial charge in [-0.25, -0.2) is 4.79 Å². The molecule has 0 saturated heterocycles. The van der Waals surface area contributed by atoms with E-state index < -0.39 is 17.9 Å². The molecule has 0 bridgehead atoms. The number of aryl methyl sites for hydroxylation is 2. The summed E-state index contributed by atoms with van der Waals surface area (Å²) in [7, 11) is 0. The van der Waals surface area contributed by atoms with Crippen LogP contribution >= 0.6 is 0 Å². The van der Waals surface area contributed by atoms with Crippen molar-refractivity contribution in [2.75, 3.05) is 0 Å². The highest BCUT2D eigenvalue weighted by Gasteiger charge is 2.22. The number of carboxylic acid groups (broad SMARTS) is 1. The van der Waals surface area contributed by atoms with Gasteiger partial charge in [0, 0.05) is 0 Å². The third-order valence-electron chi connectivity index (χ3n) is 4.13. The number of carboxylic acids is 1. The third-order valence-corrected chi connectivity index (χ3v) is 4.13. The summed E-state index contributed by atoms with van der Waals surface area (Å²) in [6.45, 7) is 5.80. The van der Waals surface area contributed by atoms with E-state index in [1.54, 1.807) is 31.2 Å². The Kier molecular flexibility index (Phi) is 6.77. The number of nitrogens with one attached hydrogen (secondary N) is 1. The van der Waals surface area contributed by atoms with Crippen LogP contribution in [-0.4, -0.2) is 28.2 Å². The van der Waals surface area contributed by atoms with E-state index in [4.69, 9.17) is 9.26 Å². The van der Waals surface area contributed by atoms with Gasteiger partial charge < -0.3 is 19.7 Å². The molecule has 0 aliphatic carbocycles. The van der Waals surface area contributed by atoms with Crippen LogP contribution in [0.5, 0.6) is 5.75 Å². The van der Waals surface area contributed by atoms with Crippen LogP contribution < -0.4 is 10.1 Å². The molecule has 7 heteroatoms. The maximum absolute atomic E-state index is 12.6. The summed E-state index contributed by atoms with van der Waals surface area (Å²) in [6, 6.07) is 5.83. The van der Waals surface area contributed by atoms with Gasteiger partial charge in [0.05, 0.1) is 16.8 Å². The molecule has 1 amide bonds. The number of unbranched alkanes of at least 4 members (excludes halogenated alkanes) is 1. The smallest absolute Gasteiger partial charge is 0.326 e. The fourth-order valence-electron chi connectivity index (χ4n) is 2.54. The SMILES string of the molecule is CCCCC(NC(=O)c1ccccc1OCc1c(C)noc1C)C(=O)O. The van der Waals surface area contributed by atoms with Gasteiger partial charge >= 0.3 is 5.97 Å². The predicted octanol–water partition coefficient (Wildman–Crippen LogP) is 3.24. The number of aliphatic carboxylic acids is 1. The average Bonchev–Trinajstić information content (AvgIpc) is 2.94. The second-order valence-corrected chi connectivity index (χ2v) is 6.09. The normalized spacial score (nSPS) is 11.8. The van der Waals surface area contributed by atoms with Gasteiger partial charge in [0.2, 0.25) is 0 Å². The molecule has 0 aliphatic rings. The predicted molar refractivity (Wildman–Crippen MR) is 95.2 cm³/mol. The summed E-state index contributed by atoms with van der Waals surface area (Å²) in [5.41, 5.74) is 1.85. The second kappa shape index (κ2) is 9.03. The van der Waals surface area contributed by atoms with Crippen molar-refractivity contribution in [2.24, 2.45) is 0 Å². The number of nitrogens with zero attached hydrogens (tertiary/aromatic N) is 1. The Labute approximate surface area is 152 Å². The van der Waals surface area contributed by atoms with Crippen LogP contribution in [0.2, 0.25) is 0 Å². The zero-order valence-electron chi connectivity index (χ0n) is 15.2. The van der Waals surface area contributed by atoms with Gasteiger partial charge in [-0.2, -0.15) is 0 Å². The lowest BCUT2D eigenvalue weighted by atomic mass is 10.1. The van der Waals surface area contributed by atoms with Crippen molar-refractivity contribution in [2.45, 2.75) is 52.7 Å².